The van der Waals surface area contributed by atoms with Crippen LogP contribution in [-0.4, -0.2) is 26.0 Å². The molecular weight excluding hydrogens is 284 g/mol. The zero-order valence-electron chi connectivity index (χ0n) is 12.0. The van der Waals surface area contributed by atoms with E-state index in [4.69, 9.17) is 0 Å². The van der Waals surface area contributed by atoms with Gasteiger partial charge in [-0.15, -0.1) is 11.3 Å². The van der Waals surface area contributed by atoms with Gasteiger partial charge in [0.05, 0.1) is 10.4 Å². The van der Waals surface area contributed by atoms with Crippen molar-refractivity contribution in [2.45, 2.75) is 20.8 Å². The Kier molecular flexibility index (Phi) is 3.39. The Labute approximate surface area is 126 Å². The van der Waals surface area contributed by atoms with E-state index in [-0.39, 0.29) is 0 Å². The number of nitrogens with zero attached hydrogens (tertiary/aromatic N) is 4. The Morgan fingerprint density at radius 1 is 1.14 bits per heavy atom. The van der Waals surface area contributed by atoms with E-state index in [1.807, 2.05) is 39.0 Å². The van der Waals surface area contributed by atoms with E-state index >= 15 is 0 Å². The number of carbonyl (C=O) groups is 1. The highest BCUT2D eigenvalue weighted by Crippen LogP contribution is 2.28. The molecule has 0 unspecified atom stereocenters. The van der Waals surface area contributed by atoms with Gasteiger partial charge < -0.3 is 0 Å². The average molecular weight is 298 g/mol. The first-order valence-corrected chi connectivity index (χ1v) is 7.33. The van der Waals surface area contributed by atoms with Crippen LogP contribution in [0.15, 0.2) is 24.4 Å². The molecule has 5 nitrogen and oxygen atoms in total. The number of aromatic nitrogens is 4. The highest BCUT2D eigenvalue weighted by atomic mass is 32.1. The number of aryl methyl sites for hydroxylation is 3. The SMILES string of the molecule is Cc1cc(C)nc(-n2cc(C=O)c(-c3ccc(C)s3)n2)n1. The Morgan fingerprint density at radius 3 is 2.43 bits per heavy atom. The Bertz CT molecular complexity index is 799. The molecule has 3 aromatic heterocycles. The molecule has 0 aromatic carbocycles. The van der Waals surface area contributed by atoms with Gasteiger partial charge >= 0.3 is 0 Å². The number of aldehydes is 1. The van der Waals surface area contributed by atoms with Crippen molar-refractivity contribution >= 4 is 17.6 Å². The van der Waals surface area contributed by atoms with E-state index in [0.29, 0.717) is 17.2 Å². The molecule has 0 radical (unpaired) electrons. The first-order chi connectivity index (χ1) is 10.1. The Morgan fingerprint density at radius 2 is 1.86 bits per heavy atom. The van der Waals surface area contributed by atoms with Crippen molar-refractivity contribution in [1.29, 1.82) is 0 Å². The zero-order chi connectivity index (χ0) is 15.0. The molecule has 3 aromatic rings. The molecule has 0 bridgehead atoms. The Hall–Kier alpha value is -2.34. The fraction of sp³-hybridized carbons (Fsp3) is 0.200. The molecule has 0 aliphatic rings. The van der Waals surface area contributed by atoms with Crippen LogP contribution in [0.25, 0.3) is 16.5 Å². The molecule has 0 aliphatic carbocycles. The maximum atomic E-state index is 11.3. The molecule has 0 amide bonds. The lowest BCUT2D eigenvalue weighted by atomic mass is 10.2. The second kappa shape index (κ2) is 5.21. The Balaban J connectivity index is 2.13. The van der Waals surface area contributed by atoms with Crippen molar-refractivity contribution in [3.05, 3.63) is 46.2 Å². The first kappa shape index (κ1) is 13.6. The normalized spacial score (nSPS) is 10.8. The fourth-order valence-corrected chi connectivity index (χ4v) is 3.01. The van der Waals surface area contributed by atoms with E-state index in [9.17, 15) is 4.79 Å². The van der Waals surface area contributed by atoms with E-state index in [1.165, 1.54) is 4.88 Å². The summed E-state index contributed by atoms with van der Waals surface area (Å²) in [5.41, 5.74) is 2.95. The first-order valence-electron chi connectivity index (χ1n) is 6.51. The monoisotopic (exact) mass is 298 g/mol. The summed E-state index contributed by atoms with van der Waals surface area (Å²) in [5.74, 6) is 0.482. The van der Waals surface area contributed by atoms with Gasteiger partial charge in [0, 0.05) is 22.5 Å². The summed E-state index contributed by atoms with van der Waals surface area (Å²) in [6, 6.07) is 5.89. The average Bonchev–Trinajstić information content (AvgIpc) is 3.03. The highest BCUT2D eigenvalue weighted by molar-refractivity contribution is 7.15. The second-order valence-corrected chi connectivity index (χ2v) is 6.14. The quantitative estimate of drug-likeness (QED) is 0.697. The molecule has 21 heavy (non-hydrogen) atoms. The van der Waals surface area contributed by atoms with Crippen molar-refractivity contribution in [2.24, 2.45) is 0 Å². The van der Waals surface area contributed by atoms with Gasteiger partial charge in [0.15, 0.2) is 6.29 Å². The predicted octanol–water partition coefficient (Wildman–Crippen LogP) is 3.13. The van der Waals surface area contributed by atoms with E-state index < -0.39 is 0 Å². The van der Waals surface area contributed by atoms with E-state index in [1.54, 1.807) is 22.2 Å². The summed E-state index contributed by atoms with van der Waals surface area (Å²) in [5, 5.41) is 4.49. The van der Waals surface area contributed by atoms with E-state index in [2.05, 4.69) is 15.1 Å². The van der Waals surface area contributed by atoms with Gasteiger partial charge in [-0.2, -0.15) is 5.10 Å². The third-order valence-electron chi connectivity index (χ3n) is 3.02. The van der Waals surface area contributed by atoms with Crippen molar-refractivity contribution < 1.29 is 4.79 Å². The molecule has 0 N–H and O–H groups in total. The molecular formula is C15H14N4OS. The molecule has 0 atom stereocenters. The van der Waals surface area contributed by atoms with Crippen molar-refractivity contribution in [3.8, 4) is 16.5 Å². The van der Waals surface area contributed by atoms with Gasteiger partial charge in [0.2, 0.25) is 0 Å². The zero-order valence-corrected chi connectivity index (χ0v) is 12.8. The van der Waals surface area contributed by atoms with Gasteiger partial charge in [-0.05, 0) is 39.0 Å². The molecule has 0 saturated carbocycles. The maximum absolute atomic E-state index is 11.3. The maximum Gasteiger partial charge on any atom is 0.250 e. The van der Waals surface area contributed by atoms with Gasteiger partial charge in [-0.1, -0.05) is 0 Å². The van der Waals surface area contributed by atoms with Gasteiger partial charge in [-0.3, -0.25) is 4.79 Å². The molecule has 6 heteroatoms. The van der Waals surface area contributed by atoms with Crippen molar-refractivity contribution in [2.75, 3.05) is 0 Å². The summed E-state index contributed by atoms with van der Waals surface area (Å²) in [4.78, 5) is 22.2. The number of rotatable bonds is 3. The number of thiophene rings is 1. The largest absolute Gasteiger partial charge is 0.298 e. The van der Waals surface area contributed by atoms with Crippen LogP contribution in [0, 0.1) is 20.8 Å². The van der Waals surface area contributed by atoms with Crippen LogP contribution in [0.4, 0.5) is 0 Å². The number of hydrogen-bond donors (Lipinski definition) is 0. The molecule has 0 aliphatic heterocycles. The van der Waals surface area contributed by atoms with Crippen LogP contribution < -0.4 is 0 Å². The van der Waals surface area contributed by atoms with Gasteiger partial charge in [0.25, 0.3) is 5.95 Å². The summed E-state index contributed by atoms with van der Waals surface area (Å²) in [6.07, 6.45) is 2.49. The highest BCUT2D eigenvalue weighted by Gasteiger charge is 2.14. The number of hydrogen-bond acceptors (Lipinski definition) is 5. The number of carbonyl (C=O) groups excluding carboxylic acids is 1. The lowest BCUT2D eigenvalue weighted by Gasteiger charge is -2.02. The predicted molar refractivity (Wildman–Crippen MR) is 82.1 cm³/mol. The fourth-order valence-electron chi connectivity index (χ4n) is 2.14. The molecule has 3 heterocycles. The second-order valence-electron chi connectivity index (χ2n) is 4.86. The van der Waals surface area contributed by atoms with Crippen LogP contribution in [0.2, 0.25) is 0 Å². The summed E-state index contributed by atoms with van der Waals surface area (Å²) >= 11 is 1.61. The third kappa shape index (κ3) is 2.62. The van der Waals surface area contributed by atoms with Crippen LogP contribution in [0.1, 0.15) is 26.6 Å². The lowest BCUT2D eigenvalue weighted by molar-refractivity contribution is 0.112. The standard InChI is InChI=1S/C15H14N4OS/c1-9-6-10(2)17-15(16-9)19-7-12(8-20)14(18-19)13-5-4-11(3)21-13/h4-8H,1-3H3. The summed E-state index contributed by atoms with van der Waals surface area (Å²) < 4.78 is 1.56. The topological polar surface area (TPSA) is 60.7 Å². The molecule has 106 valence electrons. The van der Waals surface area contributed by atoms with Gasteiger partial charge in [0.1, 0.15) is 5.69 Å². The molecule has 3 rings (SSSR count). The van der Waals surface area contributed by atoms with Crippen molar-refractivity contribution in [1.82, 2.24) is 19.7 Å². The lowest BCUT2D eigenvalue weighted by Crippen LogP contribution is -2.04. The minimum absolute atomic E-state index is 0.482. The summed E-state index contributed by atoms with van der Waals surface area (Å²) in [7, 11) is 0. The van der Waals surface area contributed by atoms with Crippen LogP contribution in [-0.2, 0) is 0 Å². The van der Waals surface area contributed by atoms with Crippen LogP contribution in [0.3, 0.4) is 0 Å². The molecule has 0 saturated heterocycles. The third-order valence-corrected chi connectivity index (χ3v) is 4.03. The van der Waals surface area contributed by atoms with Gasteiger partial charge in [-0.25, -0.2) is 14.6 Å². The van der Waals surface area contributed by atoms with Crippen LogP contribution in [0.5, 0.6) is 0 Å². The van der Waals surface area contributed by atoms with E-state index in [0.717, 1.165) is 22.6 Å². The minimum Gasteiger partial charge on any atom is -0.298 e. The summed E-state index contributed by atoms with van der Waals surface area (Å²) in [6.45, 7) is 5.84. The minimum atomic E-state index is 0.482. The van der Waals surface area contributed by atoms with Crippen LogP contribution >= 0.6 is 11.3 Å². The molecule has 0 spiro atoms. The smallest absolute Gasteiger partial charge is 0.250 e. The molecule has 0 fully saturated rings. The van der Waals surface area contributed by atoms with Crippen molar-refractivity contribution in [3.63, 3.8) is 0 Å².